The third-order valence-corrected chi connectivity index (χ3v) is 3.63. The molecular weight excluding hydrogens is 286 g/mol. The van der Waals surface area contributed by atoms with E-state index < -0.39 is 10.2 Å². The molecule has 0 heterocycles. The maximum absolute atomic E-state index is 11.0. The molecule has 0 aromatic heterocycles. The minimum atomic E-state index is -3.75. The molecule has 0 unspecified atom stereocenters. The Balaban J connectivity index is 2.08. The fraction of sp³-hybridized carbons (Fsp3) is 0.200. The molecule has 21 heavy (non-hydrogen) atoms. The van der Waals surface area contributed by atoms with Gasteiger partial charge in [-0.15, -0.1) is 0 Å². The Morgan fingerprint density at radius 1 is 1.00 bits per heavy atom. The Hall–Kier alpha value is -2.05. The van der Waals surface area contributed by atoms with Crippen molar-refractivity contribution < 1.29 is 8.42 Å². The zero-order valence-electron chi connectivity index (χ0n) is 11.8. The highest BCUT2D eigenvalue weighted by molar-refractivity contribution is 7.90. The van der Waals surface area contributed by atoms with Crippen LogP contribution in [0, 0.1) is 0 Å². The number of benzene rings is 2. The molecule has 2 aromatic rings. The number of nitrogens with one attached hydrogen (secondary N) is 2. The van der Waals surface area contributed by atoms with Crippen molar-refractivity contribution in [2.24, 2.45) is 5.14 Å². The lowest BCUT2D eigenvalue weighted by Gasteiger charge is -2.11. The zero-order valence-corrected chi connectivity index (χ0v) is 12.7. The molecule has 4 N–H and O–H groups in total. The van der Waals surface area contributed by atoms with Crippen LogP contribution in [0.2, 0.25) is 0 Å². The van der Waals surface area contributed by atoms with Crippen LogP contribution in [-0.4, -0.2) is 8.42 Å². The van der Waals surface area contributed by atoms with Crippen LogP contribution < -0.4 is 15.2 Å². The molecule has 2 rings (SSSR count). The molecule has 0 aliphatic carbocycles. The van der Waals surface area contributed by atoms with Crippen LogP contribution in [0.4, 0.5) is 11.4 Å². The van der Waals surface area contributed by atoms with Crippen molar-refractivity contribution in [1.29, 1.82) is 0 Å². The standard InChI is InChI=1S/C15H19N3O2S/c1-2-12-6-3-4-7-13(12)11-17-14-8-5-9-15(10-14)18-21(16,19)20/h3-10,17-18H,2,11H2,1H3,(H2,16,19,20). The summed E-state index contributed by atoms with van der Waals surface area (Å²) in [6, 6.07) is 15.2. The molecule has 0 saturated heterocycles. The maximum Gasteiger partial charge on any atom is 0.296 e. The van der Waals surface area contributed by atoms with E-state index in [1.165, 1.54) is 11.1 Å². The molecule has 0 amide bonds. The van der Waals surface area contributed by atoms with E-state index in [0.29, 0.717) is 12.2 Å². The summed E-state index contributed by atoms with van der Waals surface area (Å²) in [6.45, 7) is 2.80. The highest BCUT2D eigenvalue weighted by Gasteiger charge is 2.03. The van der Waals surface area contributed by atoms with Gasteiger partial charge in [-0.05, 0) is 35.7 Å². The maximum atomic E-state index is 11.0. The summed E-state index contributed by atoms with van der Waals surface area (Å²) in [5, 5.41) is 8.25. The van der Waals surface area contributed by atoms with Crippen molar-refractivity contribution in [1.82, 2.24) is 0 Å². The minimum Gasteiger partial charge on any atom is -0.381 e. The number of rotatable bonds is 6. The normalized spacial score (nSPS) is 11.1. The van der Waals surface area contributed by atoms with Gasteiger partial charge in [-0.1, -0.05) is 37.3 Å². The predicted molar refractivity (Wildman–Crippen MR) is 86.3 cm³/mol. The lowest BCUT2D eigenvalue weighted by atomic mass is 10.1. The smallest absolute Gasteiger partial charge is 0.296 e. The monoisotopic (exact) mass is 305 g/mol. The Labute approximate surface area is 125 Å². The summed E-state index contributed by atoms with van der Waals surface area (Å²) in [4.78, 5) is 0. The number of aryl methyl sites for hydroxylation is 1. The van der Waals surface area contributed by atoms with E-state index in [1.807, 2.05) is 18.2 Å². The first-order valence-corrected chi connectivity index (χ1v) is 8.24. The van der Waals surface area contributed by atoms with Crippen molar-refractivity contribution in [3.63, 3.8) is 0 Å². The molecule has 0 fully saturated rings. The lowest BCUT2D eigenvalue weighted by molar-refractivity contribution is 0.603. The van der Waals surface area contributed by atoms with Crippen molar-refractivity contribution in [3.05, 3.63) is 59.7 Å². The minimum absolute atomic E-state index is 0.436. The SMILES string of the molecule is CCc1ccccc1CNc1cccc(NS(N)(=O)=O)c1. The van der Waals surface area contributed by atoms with Gasteiger partial charge in [-0.2, -0.15) is 8.42 Å². The first-order chi connectivity index (χ1) is 9.98. The van der Waals surface area contributed by atoms with Crippen molar-refractivity contribution in [2.45, 2.75) is 19.9 Å². The molecule has 112 valence electrons. The number of hydrogen-bond acceptors (Lipinski definition) is 3. The molecule has 6 heteroatoms. The molecule has 0 aliphatic heterocycles. The van der Waals surface area contributed by atoms with Crippen molar-refractivity contribution in [3.8, 4) is 0 Å². The van der Waals surface area contributed by atoms with E-state index >= 15 is 0 Å². The van der Waals surface area contributed by atoms with Gasteiger partial charge in [0.25, 0.3) is 10.2 Å². The fourth-order valence-electron chi connectivity index (χ4n) is 2.13. The van der Waals surface area contributed by atoms with E-state index in [0.717, 1.165) is 12.1 Å². The highest BCUT2D eigenvalue weighted by atomic mass is 32.2. The van der Waals surface area contributed by atoms with E-state index in [2.05, 4.69) is 29.1 Å². The van der Waals surface area contributed by atoms with Crippen LogP contribution in [0.5, 0.6) is 0 Å². The van der Waals surface area contributed by atoms with Crippen LogP contribution >= 0.6 is 0 Å². The quantitative estimate of drug-likeness (QED) is 0.766. The van der Waals surface area contributed by atoms with Crippen molar-refractivity contribution in [2.75, 3.05) is 10.0 Å². The molecular formula is C15H19N3O2S. The van der Waals surface area contributed by atoms with Crippen LogP contribution in [0.3, 0.4) is 0 Å². The molecule has 0 radical (unpaired) electrons. The van der Waals surface area contributed by atoms with E-state index in [1.54, 1.807) is 18.2 Å². The zero-order chi connectivity index (χ0) is 15.3. The number of hydrogen-bond donors (Lipinski definition) is 3. The summed E-state index contributed by atoms with van der Waals surface area (Å²) < 4.78 is 24.3. The average Bonchev–Trinajstić information content (AvgIpc) is 2.44. The van der Waals surface area contributed by atoms with Gasteiger partial charge in [0.1, 0.15) is 0 Å². The first-order valence-electron chi connectivity index (χ1n) is 6.69. The number of anilines is 2. The predicted octanol–water partition coefficient (Wildman–Crippen LogP) is 2.48. The number of nitrogens with two attached hydrogens (primary N) is 1. The summed E-state index contributed by atoms with van der Waals surface area (Å²) in [5.41, 5.74) is 3.79. The molecule has 0 atom stereocenters. The summed E-state index contributed by atoms with van der Waals surface area (Å²) in [5.74, 6) is 0. The van der Waals surface area contributed by atoms with Crippen LogP contribution in [0.1, 0.15) is 18.1 Å². The van der Waals surface area contributed by atoms with Gasteiger partial charge in [-0.3, -0.25) is 4.72 Å². The van der Waals surface area contributed by atoms with Gasteiger partial charge in [0.2, 0.25) is 0 Å². The Morgan fingerprint density at radius 3 is 2.33 bits per heavy atom. The second-order valence-corrected chi connectivity index (χ2v) is 6.00. The van der Waals surface area contributed by atoms with Crippen molar-refractivity contribution >= 4 is 21.6 Å². The average molecular weight is 305 g/mol. The molecule has 0 saturated carbocycles. The Kier molecular flexibility index (Phi) is 4.82. The van der Waals surface area contributed by atoms with Crippen LogP contribution in [0.25, 0.3) is 0 Å². The van der Waals surface area contributed by atoms with E-state index in [4.69, 9.17) is 5.14 Å². The van der Waals surface area contributed by atoms with Gasteiger partial charge in [-0.25, -0.2) is 5.14 Å². The second-order valence-electron chi connectivity index (χ2n) is 4.70. The van der Waals surface area contributed by atoms with Gasteiger partial charge in [0.05, 0.1) is 5.69 Å². The van der Waals surface area contributed by atoms with Crippen LogP contribution in [-0.2, 0) is 23.2 Å². The van der Waals surface area contributed by atoms with E-state index in [-0.39, 0.29) is 0 Å². The third-order valence-electron chi connectivity index (χ3n) is 3.10. The van der Waals surface area contributed by atoms with E-state index in [9.17, 15) is 8.42 Å². The van der Waals surface area contributed by atoms with Gasteiger partial charge >= 0.3 is 0 Å². The Bertz CT molecular complexity index is 714. The molecule has 0 bridgehead atoms. The topological polar surface area (TPSA) is 84.2 Å². The van der Waals surface area contributed by atoms with Gasteiger partial charge < -0.3 is 5.32 Å². The molecule has 0 aliphatic rings. The van der Waals surface area contributed by atoms with Gasteiger partial charge in [0, 0.05) is 12.2 Å². The van der Waals surface area contributed by atoms with Crippen LogP contribution in [0.15, 0.2) is 48.5 Å². The molecule has 5 nitrogen and oxygen atoms in total. The third kappa shape index (κ3) is 4.77. The first kappa shape index (κ1) is 15.3. The largest absolute Gasteiger partial charge is 0.381 e. The second kappa shape index (κ2) is 6.60. The summed E-state index contributed by atoms with van der Waals surface area (Å²) >= 11 is 0. The lowest BCUT2D eigenvalue weighted by Crippen LogP contribution is -2.21. The highest BCUT2D eigenvalue weighted by Crippen LogP contribution is 2.17. The van der Waals surface area contributed by atoms with Gasteiger partial charge in [0.15, 0.2) is 0 Å². The molecule has 2 aromatic carbocycles. The summed E-state index contributed by atoms with van der Waals surface area (Å²) in [7, 11) is -3.75. The fourth-order valence-corrected chi connectivity index (χ4v) is 2.58. The molecule has 0 spiro atoms. The summed E-state index contributed by atoms with van der Waals surface area (Å²) in [6.07, 6.45) is 0.977. The Morgan fingerprint density at radius 2 is 1.67 bits per heavy atom.